The van der Waals surface area contributed by atoms with Gasteiger partial charge >= 0.3 is 0 Å². The molecule has 30 heavy (non-hydrogen) atoms. The van der Waals surface area contributed by atoms with Gasteiger partial charge < -0.3 is 14.5 Å². The summed E-state index contributed by atoms with van der Waals surface area (Å²) in [7, 11) is 1.54. The Balaban J connectivity index is 1.70. The van der Waals surface area contributed by atoms with Crippen molar-refractivity contribution in [1.29, 1.82) is 0 Å². The Labute approximate surface area is 187 Å². The topological polar surface area (TPSA) is 64.2 Å². The predicted molar refractivity (Wildman–Crippen MR) is 122 cm³/mol. The molecule has 0 fully saturated rings. The van der Waals surface area contributed by atoms with E-state index in [0.29, 0.717) is 49.8 Å². The standard InChI is InChI=1S/C22H18Cl2N2O3S/c1-11-12(2)30-22-18(11)21(27)25-20(26-22)14-8-16(24)19(17(9-14)28-3)29-10-13-4-6-15(23)7-5-13/h4-9H,10H2,1-3H3,(H,25,26,27). The monoisotopic (exact) mass is 460 g/mol. The zero-order valence-corrected chi connectivity index (χ0v) is 18.8. The number of aromatic amines is 1. The Morgan fingerprint density at radius 3 is 2.57 bits per heavy atom. The molecule has 0 radical (unpaired) electrons. The van der Waals surface area contributed by atoms with Crippen molar-refractivity contribution in [3.8, 4) is 22.9 Å². The maximum atomic E-state index is 12.6. The van der Waals surface area contributed by atoms with Gasteiger partial charge in [0.15, 0.2) is 11.5 Å². The van der Waals surface area contributed by atoms with Gasteiger partial charge in [-0.25, -0.2) is 4.98 Å². The lowest BCUT2D eigenvalue weighted by molar-refractivity contribution is 0.285. The molecule has 2 aromatic carbocycles. The first kappa shape index (κ1) is 20.7. The summed E-state index contributed by atoms with van der Waals surface area (Å²) in [6.07, 6.45) is 0. The number of H-pyrrole nitrogens is 1. The quantitative estimate of drug-likeness (QED) is 0.387. The maximum Gasteiger partial charge on any atom is 0.260 e. The fraction of sp³-hybridized carbons (Fsp3) is 0.182. The third kappa shape index (κ3) is 3.90. The Kier molecular flexibility index (Phi) is 5.73. The molecule has 4 rings (SSSR count). The van der Waals surface area contributed by atoms with Crippen molar-refractivity contribution in [2.75, 3.05) is 7.11 Å². The van der Waals surface area contributed by atoms with E-state index in [1.807, 2.05) is 26.0 Å². The highest BCUT2D eigenvalue weighted by atomic mass is 35.5. The molecule has 0 bridgehead atoms. The summed E-state index contributed by atoms with van der Waals surface area (Å²) in [5, 5.41) is 1.65. The smallest absolute Gasteiger partial charge is 0.260 e. The highest BCUT2D eigenvalue weighted by Gasteiger charge is 2.17. The first-order valence-corrected chi connectivity index (χ1v) is 10.7. The van der Waals surface area contributed by atoms with E-state index in [1.165, 1.54) is 18.4 Å². The van der Waals surface area contributed by atoms with Gasteiger partial charge in [0.05, 0.1) is 17.5 Å². The zero-order valence-electron chi connectivity index (χ0n) is 16.5. The average Bonchev–Trinajstić information content (AvgIpc) is 3.01. The molecular weight excluding hydrogens is 443 g/mol. The van der Waals surface area contributed by atoms with Crippen molar-refractivity contribution in [3.63, 3.8) is 0 Å². The summed E-state index contributed by atoms with van der Waals surface area (Å²) < 4.78 is 11.4. The van der Waals surface area contributed by atoms with Crippen LogP contribution < -0.4 is 15.0 Å². The molecule has 4 aromatic rings. The van der Waals surface area contributed by atoms with Crippen molar-refractivity contribution in [3.05, 3.63) is 72.8 Å². The highest BCUT2D eigenvalue weighted by Crippen LogP contribution is 2.39. The van der Waals surface area contributed by atoms with Crippen molar-refractivity contribution in [1.82, 2.24) is 9.97 Å². The number of aromatic nitrogens is 2. The SMILES string of the molecule is COc1cc(-c2nc3sc(C)c(C)c3c(=O)[nH]2)cc(Cl)c1OCc1ccc(Cl)cc1. The number of nitrogens with one attached hydrogen (secondary N) is 1. The third-order valence-electron chi connectivity index (χ3n) is 4.84. The minimum Gasteiger partial charge on any atom is -0.493 e. The van der Waals surface area contributed by atoms with E-state index >= 15 is 0 Å². The largest absolute Gasteiger partial charge is 0.493 e. The van der Waals surface area contributed by atoms with Gasteiger partial charge in [-0.05, 0) is 49.2 Å². The second kappa shape index (κ2) is 8.30. The Morgan fingerprint density at radius 1 is 1.13 bits per heavy atom. The number of benzene rings is 2. The molecule has 0 saturated heterocycles. The summed E-state index contributed by atoms with van der Waals surface area (Å²) in [6.45, 7) is 4.21. The van der Waals surface area contributed by atoms with Crippen LogP contribution in [0, 0.1) is 13.8 Å². The molecule has 5 nitrogen and oxygen atoms in total. The van der Waals surface area contributed by atoms with E-state index in [9.17, 15) is 4.79 Å². The van der Waals surface area contributed by atoms with Crippen molar-refractivity contribution in [2.45, 2.75) is 20.5 Å². The van der Waals surface area contributed by atoms with Gasteiger partial charge in [0.1, 0.15) is 17.3 Å². The van der Waals surface area contributed by atoms with E-state index < -0.39 is 0 Å². The second-order valence-corrected chi connectivity index (χ2v) is 8.83. The highest BCUT2D eigenvalue weighted by molar-refractivity contribution is 7.18. The molecule has 154 valence electrons. The van der Waals surface area contributed by atoms with Crippen molar-refractivity contribution in [2.24, 2.45) is 0 Å². The number of methoxy groups -OCH3 is 1. The van der Waals surface area contributed by atoms with Crippen LogP contribution in [-0.2, 0) is 6.61 Å². The third-order valence-corrected chi connectivity index (χ3v) is 6.47. The van der Waals surface area contributed by atoms with E-state index in [2.05, 4.69) is 9.97 Å². The number of halogens is 2. The normalized spacial score (nSPS) is 11.1. The van der Waals surface area contributed by atoms with Crippen LogP contribution >= 0.6 is 34.5 Å². The summed E-state index contributed by atoms with van der Waals surface area (Å²) in [5.74, 6) is 1.30. The van der Waals surface area contributed by atoms with Crippen LogP contribution in [0.2, 0.25) is 10.0 Å². The molecule has 0 aliphatic heterocycles. The molecule has 1 N–H and O–H groups in total. The van der Waals surface area contributed by atoms with Crippen molar-refractivity contribution < 1.29 is 9.47 Å². The first-order chi connectivity index (χ1) is 14.4. The molecule has 8 heteroatoms. The molecule has 0 unspecified atom stereocenters. The van der Waals surface area contributed by atoms with E-state index in [-0.39, 0.29) is 5.56 Å². The number of rotatable bonds is 5. The van der Waals surface area contributed by atoms with Crippen LogP contribution in [-0.4, -0.2) is 17.1 Å². The van der Waals surface area contributed by atoms with Crippen LogP contribution in [0.1, 0.15) is 16.0 Å². The number of nitrogens with zero attached hydrogens (tertiary/aromatic N) is 1. The van der Waals surface area contributed by atoms with Crippen LogP contribution in [0.5, 0.6) is 11.5 Å². The lowest BCUT2D eigenvalue weighted by atomic mass is 10.1. The molecular formula is C22H18Cl2N2O3S. The lowest BCUT2D eigenvalue weighted by Crippen LogP contribution is -2.09. The molecule has 0 amide bonds. The first-order valence-electron chi connectivity index (χ1n) is 9.12. The average molecular weight is 461 g/mol. The minimum absolute atomic E-state index is 0.171. The zero-order chi connectivity index (χ0) is 21.4. The van der Waals surface area contributed by atoms with Crippen LogP contribution in [0.25, 0.3) is 21.6 Å². The van der Waals surface area contributed by atoms with Gasteiger partial charge in [-0.3, -0.25) is 4.79 Å². The van der Waals surface area contributed by atoms with Crippen molar-refractivity contribution >= 4 is 44.8 Å². The number of aryl methyl sites for hydroxylation is 2. The Morgan fingerprint density at radius 2 is 1.87 bits per heavy atom. The number of hydrogen-bond acceptors (Lipinski definition) is 5. The van der Waals surface area contributed by atoms with Gasteiger partial charge in [0.25, 0.3) is 5.56 Å². The molecule has 0 saturated carbocycles. The van der Waals surface area contributed by atoms with Crippen LogP contribution in [0.4, 0.5) is 0 Å². The number of thiophene rings is 1. The summed E-state index contributed by atoms with van der Waals surface area (Å²) in [5.41, 5.74) is 2.37. The molecule has 2 heterocycles. The number of hydrogen-bond donors (Lipinski definition) is 1. The molecule has 2 aromatic heterocycles. The molecule has 0 aliphatic carbocycles. The number of fused-ring (bicyclic) bond motifs is 1. The fourth-order valence-electron chi connectivity index (χ4n) is 3.12. The van der Waals surface area contributed by atoms with Gasteiger partial charge in [-0.2, -0.15) is 0 Å². The van der Waals surface area contributed by atoms with Gasteiger partial charge in [-0.15, -0.1) is 11.3 Å². The van der Waals surface area contributed by atoms with E-state index in [4.69, 9.17) is 32.7 Å². The Bertz CT molecular complexity index is 1300. The van der Waals surface area contributed by atoms with E-state index in [1.54, 1.807) is 24.3 Å². The summed E-state index contributed by atoms with van der Waals surface area (Å²) >= 11 is 13.9. The minimum atomic E-state index is -0.171. The molecule has 0 spiro atoms. The lowest BCUT2D eigenvalue weighted by Gasteiger charge is -2.14. The van der Waals surface area contributed by atoms with Gasteiger partial charge in [0.2, 0.25) is 0 Å². The van der Waals surface area contributed by atoms with Crippen LogP contribution in [0.3, 0.4) is 0 Å². The molecule has 0 atom stereocenters. The van der Waals surface area contributed by atoms with E-state index in [0.717, 1.165) is 16.0 Å². The fourth-order valence-corrected chi connectivity index (χ4v) is 4.55. The summed E-state index contributed by atoms with van der Waals surface area (Å²) in [4.78, 5) is 21.9. The summed E-state index contributed by atoms with van der Waals surface area (Å²) in [6, 6.07) is 10.8. The molecule has 0 aliphatic rings. The Hall–Kier alpha value is -2.54. The number of ether oxygens (including phenoxy) is 2. The van der Waals surface area contributed by atoms with Crippen LogP contribution in [0.15, 0.2) is 41.2 Å². The second-order valence-electron chi connectivity index (χ2n) is 6.78. The maximum absolute atomic E-state index is 12.6. The van der Waals surface area contributed by atoms with Gasteiger partial charge in [0, 0.05) is 15.5 Å². The van der Waals surface area contributed by atoms with Gasteiger partial charge in [-0.1, -0.05) is 35.3 Å². The predicted octanol–water partition coefficient (Wildman–Crippen LogP) is 6.16.